The van der Waals surface area contributed by atoms with Crippen LogP contribution in [0.3, 0.4) is 0 Å². The van der Waals surface area contributed by atoms with Gasteiger partial charge in [-0.25, -0.2) is 0 Å². The first kappa shape index (κ1) is 14.4. The minimum absolute atomic E-state index is 0.0829. The number of benzene rings is 1. The molecule has 1 heterocycles. The molecule has 1 amide bonds. The molecule has 20 heavy (non-hydrogen) atoms. The number of likely N-dealkylation sites (tertiary alicyclic amines) is 1. The van der Waals surface area contributed by atoms with Gasteiger partial charge in [-0.05, 0) is 43.6 Å². The summed E-state index contributed by atoms with van der Waals surface area (Å²) in [5, 5.41) is 6.45. The lowest BCUT2D eigenvalue weighted by molar-refractivity contribution is 0.0941. The molecule has 1 fully saturated rings. The van der Waals surface area contributed by atoms with Crippen LogP contribution in [-0.2, 0) is 0 Å². The second-order valence-corrected chi connectivity index (χ2v) is 4.87. The zero-order valence-electron chi connectivity index (χ0n) is 11.6. The second-order valence-electron chi connectivity index (χ2n) is 4.87. The smallest absolute Gasteiger partial charge is 0.251 e. The fourth-order valence-corrected chi connectivity index (χ4v) is 2.59. The molecule has 6 heteroatoms. The molecule has 6 nitrogen and oxygen atoms in total. The monoisotopic (exact) mass is 273 g/mol. The average Bonchev–Trinajstić information content (AvgIpc) is 2.93. The number of nitrogens with zero attached hydrogens (tertiary/aromatic N) is 4. The molecule has 0 saturated carbocycles. The summed E-state index contributed by atoms with van der Waals surface area (Å²) >= 11 is 0. The summed E-state index contributed by atoms with van der Waals surface area (Å²) in [5.74, 6) is -0.0829. The minimum Gasteiger partial charge on any atom is -0.350 e. The lowest BCUT2D eigenvalue weighted by Gasteiger charge is -2.22. The summed E-state index contributed by atoms with van der Waals surface area (Å²) in [6.07, 6.45) is 2.35. The van der Waals surface area contributed by atoms with Crippen LogP contribution >= 0.6 is 0 Å². The van der Waals surface area contributed by atoms with E-state index in [1.54, 1.807) is 24.3 Å². The molecule has 1 atom stereocenters. The van der Waals surface area contributed by atoms with Gasteiger partial charge in [-0.2, -0.15) is 0 Å². The molecular formula is C14H19N5O. The van der Waals surface area contributed by atoms with Gasteiger partial charge in [0.25, 0.3) is 5.91 Å². The van der Waals surface area contributed by atoms with Crippen LogP contribution in [0.25, 0.3) is 10.4 Å². The molecule has 1 N–H and O–H groups in total. The number of carbonyl (C=O) groups excluding carboxylic acids is 1. The van der Waals surface area contributed by atoms with Crippen molar-refractivity contribution in [2.45, 2.75) is 25.8 Å². The van der Waals surface area contributed by atoms with Crippen LogP contribution in [0.1, 0.15) is 30.1 Å². The minimum atomic E-state index is -0.0829. The molecule has 0 radical (unpaired) electrons. The van der Waals surface area contributed by atoms with E-state index in [9.17, 15) is 4.79 Å². The van der Waals surface area contributed by atoms with E-state index in [4.69, 9.17) is 5.53 Å². The van der Waals surface area contributed by atoms with Gasteiger partial charge in [-0.1, -0.05) is 24.2 Å². The number of hydrogen-bond acceptors (Lipinski definition) is 3. The summed E-state index contributed by atoms with van der Waals surface area (Å²) in [7, 11) is 0. The van der Waals surface area contributed by atoms with Gasteiger partial charge in [-0.3, -0.25) is 9.69 Å². The Bertz CT molecular complexity index is 507. The SMILES string of the molecule is CCN1CCC[C@H]1CNC(=O)c1ccc(N=[N+]=[N-])cc1. The Kier molecular flexibility index (Phi) is 4.98. The number of rotatable bonds is 5. The fraction of sp³-hybridized carbons (Fsp3) is 0.500. The summed E-state index contributed by atoms with van der Waals surface area (Å²) in [6.45, 7) is 4.98. The van der Waals surface area contributed by atoms with Crippen LogP contribution in [0.5, 0.6) is 0 Å². The van der Waals surface area contributed by atoms with Crippen LogP contribution in [0.2, 0.25) is 0 Å². The fourth-order valence-electron chi connectivity index (χ4n) is 2.59. The van der Waals surface area contributed by atoms with Crippen molar-refractivity contribution in [3.8, 4) is 0 Å². The maximum atomic E-state index is 12.0. The first-order valence-corrected chi connectivity index (χ1v) is 6.92. The number of amides is 1. The molecular weight excluding hydrogens is 254 g/mol. The molecule has 1 aromatic carbocycles. The van der Waals surface area contributed by atoms with Gasteiger partial charge in [0.15, 0.2) is 0 Å². The van der Waals surface area contributed by atoms with E-state index in [1.165, 1.54) is 6.42 Å². The summed E-state index contributed by atoms with van der Waals surface area (Å²) in [5.41, 5.74) is 9.42. The molecule has 0 unspecified atom stereocenters. The van der Waals surface area contributed by atoms with Crippen molar-refractivity contribution in [3.63, 3.8) is 0 Å². The molecule has 1 aromatic rings. The van der Waals surface area contributed by atoms with Crippen molar-refractivity contribution in [2.75, 3.05) is 19.6 Å². The molecule has 1 aliphatic rings. The maximum absolute atomic E-state index is 12.0. The van der Waals surface area contributed by atoms with Crippen LogP contribution < -0.4 is 5.32 Å². The van der Waals surface area contributed by atoms with Crippen LogP contribution in [-0.4, -0.2) is 36.5 Å². The largest absolute Gasteiger partial charge is 0.350 e. The Balaban J connectivity index is 1.89. The van der Waals surface area contributed by atoms with E-state index in [0.29, 0.717) is 23.8 Å². The number of carbonyl (C=O) groups is 1. The van der Waals surface area contributed by atoms with Crippen molar-refractivity contribution in [2.24, 2.45) is 5.11 Å². The van der Waals surface area contributed by atoms with Crippen molar-refractivity contribution >= 4 is 11.6 Å². The molecule has 0 aromatic heterocycles. The Morgan fingerprint density at radius 2 is 2.25 bits per heavy atom. The molecule has 0 bridgehead atoms. The Morgan fingerprint density at radius 1 is 1.50 bits per heavy atom. The quantitative estimate of drug-likeness (QED) is 0.508. The summed E-state index contributed by atoms with van der Waals surface area (Å²) < 4.78 is 0. The zero-order valence-corrected chi connectivity index (χ0v) is 11.6. The van der Waals surface area contributed by atoms with Gasteiger partial charge in [0.1, 0.15) is 0 Å². The average molecular weight is 273 g/mol. The third-order valence-corrected chi connectivity index (χ3v) is 3.69. The highest BCUT2D eigenvalue weighted by Crippen LogP contribution is 2.16. The third-order valence-electron chi connectivity index (χ3n) is 3.69. The van der Waals surface area contributed by atoms with E-state index in [2.05, 4.69) is 27.2 Å². The van der Waals surface area contributed by atoms with Crippen molar-refractivity contribution in [1.29, 1.82) is 0 Å². The Hall–Kier alpha value is -2.04. The Labute approximate surface area is 118 Å². The van der Waals surface area contributed by atoms with Crippen LogP contribution in [0.15, 0.2) is 29.4 Å². The first-order valence-electron chi connectivity index (χ1n) is 6.92. The van der Waals surface area contributed by atoms with Gasteiger partial charge < -0.3 is 5.32 Å². The highest BCUT2D eigenvalue weighted by atomic mass is 16.1. The van der Waals surface area contributed by atoms with Crippen molar-refractivity contribution < 1.29 is 4.79 Å². The Morgan fingerprint density at radius 3 is 2.90 bits per heavy atom. The van der Waals surface area contributed by atoms with E-state index < -0.39 is 0 Å². The topological polar surface area (TPSA) is 81.1 Å². The lowest BCUT2D eigenvalue weighted by Crippen LogP contribution is -2.40. The molecule has 0 spiro atoms. The number of hydrogen-bond donors (Lipinski definition) is 1. The van der Waals surface area contributed by atoms with E-state index in [-0.39, 0.29) is 5.91 Å². The highest BCUT2D eigenvalue weighted by molar-refractivity contribution is 5.94. The second kappa shape index (κ2) is 6.93. The van der Waals surface area contributed by atoms with E-state index in [0.717, 1.165) is 19.5 Å². The predicted molar refractivity (Wildman–Crippen MR) is 77.9 cm³/mol. The normalized spacial score (nSPS) is 18.6. The van der Waals surface area contributed by atoms with Gasteiger partial charge >= 0.3 is 0 Å². The number of likely N-dealkylation sites (N-methyl/N-ethyl adjacent to an activating group) is 1. The lowest BCUT2D eigenvalue weighted by atomic mass is 10.1. The molecule has 1 aliphatic heterocycles. The van der Waals surface area contributed by atoms with Gasteiger partial charge in [0.05, 0.1) is 0 Å². The first-order chi connectivity index (χ1) is 9.74. The maximum Gasteiger partial charge on any atom is 0.251 e. The third kappa shape index (κ3) is 3.50. The molecule has 0 aliphatic carbocycles. The van der Waals surface area contributed by atoms with Crippen LogP contribution in [0, 0.1) is 0 Å². The van der Waals surface area contributed by atoms with Gasteiger partial charge in [0.2, 0.25) is 0 Å². The zero-order chi connectivity index (χ0) is 14.4. The predicted octanol–water partition coefficient (Wildman–Crippen LogP) is 2.84. The molecule has 106 valence electrons. The van der Waals surface area contributed by atoms with Gasteiger partial charge in [-0.15, -0.1) is 0 Å². The van der Waals surface area contributed by atoms with E-state index >= 15 is 0 Å². The standard InChI is InChI=1S/C14H19N5O/c1-2-19-9-3-4-13(19)10-16-14(20)11-5-7-12(8-6-11)17-18-15/h5-8,13H,2-4,9-10H2,1H3,(H,16,20)/t13-/m0/s1. The number of nitrogens with one attached hydrogen (secondary N) is 1. The van der Waals surface area contributed by atoms with Crippen molar-refractivity contribution in [3.05, 3.63) is 40.3 Å². The summed E-state index contributed by atoms with van der Waals surface area (Å²) in [4.78, 5) is 17.1. The number of azide groups is 1. The molecule has 2 rings (SSSR count). The molecule has 1 saturated heterocycles. The van der Waals surface area contributed by atoms with E-state index in [1.807, 2.05) is 0 Å². The highest BCUT2D eigenvalue weighted by Gasteiger charge is 2.23. The van der Waals surface area contributed by atoms with Crippen LogP contribution in [0.4, 0.5) is 5.69 Å². The van der Waals surface area contributed by atoms with Crippen molar-refractivity contribution in [1.82, 2.24) is 10.2 Å². The van der Waals surface area contributed by atoms with Gasteiger partial charge in [0, 0.05) is 28.7 Å². The summed E-state index contributed by atoms with van der Waals surface area (Å²) in [6, 6.07) is 7.08.